The number of carbonyl (C=O) groups excluding carboxylic acids is 3. The van der Waals surface area contributed by atoms with Gasteiger partial charge in [0.05, 0.1) is 11.1 Å². The van der Waals surface area contributed by atoms with Crippen molar-refractivity contribution < 1.29 is 23.9 Å². The van der Waals surface area contributed by atoms with Crippen molar-refractivity contribution in [2.45, 2.75) is 80.1 Å². The molecule has 7 nitrogen and oxygen atoms in total. The molecule has 8 heteroatoms. The molecule has 5 rings (SSSR count). The number of Topliss-reactive ketones (excluding diaryl/α,β-unsaturated/α-hetero) is 2. The fourth-order valence-electron chi connectivity index (χ4n) is 6.53. The van der Waals surface area contributed by atoms with E-state index in [0.717, 1.165) is 40.9 Å². The summed E-state index contributed by atoms with van der Waals surface area (Å²) in [6, 6.07) is 9.51. The second-order valence-corrected chi connectivity index (χ2v) is 14.5. The molecule has 0 atom stereocenters. The molecule has 0 radical (unpaired) electrons. The van der Waals surface area contributed by atoms with E-state index in [9.17, 15) is 14.4 Å². The molecule has 0 saturated carbocycles. The molecule has 0 unspecified atom stereocenters. The molecular weight excluding hydrogens is 608 g/mol. The highest BCUT2D eigenvalue weighted by atomic mass is 79.9. The van der Waals surface area contributed by atoms with Gasteiger partial charge >= 0.3 is 0 Å². The van der Waals surface area contributed by atoms with Crippen LogP contribution in [0.3, 0.4) is 0 Å². The largest absolute Gasteiger partial charge is 0.490 e. The van der Waals surface area contributed by atoms with E-state index in [4.69, 9.17) is 9.47 Å². The number of allylic oxidation sites excluding steroid dienone is 4. The number of dihydropyridines is 1. The lowest BCUT2D eigenvalue weighted by Gasteiger charge is -2.44. The summed E-state index contributed by atoms with van der Waals surface area (Å²) in [6.07, 6.45) is 2.30. The molecule has 3 aliphatic rings. The van der Waals surface area contributed by atoms with E-state index in [1.807, 2.05) is 51.1 Å². The van der Waals surface area contributed by atoms with E-state index in [-0.39, 0.29) is 34.9 Å². The van der Waals surface area contributed by atoms with E-state index in [1.165, 1.54) is 0 Å². The van der Waals surface area contributed by atoms with Crippen LogP contribution in [0.25, 0.3) is 0 Å². The fraction of sp³-hybridized carbons (Fsp3) is 0.457. The second-order valence-electron chi connectivity index (χ2n) is 13.6. The molecule has 1 heterocycles. The van der Waals surface area contributed by atoms with Gasteiger partial charge in [-0.15, -0.1) is 0 Å². The van der Waals surface area contributed by atoms with Gasteiger partial charge < -0.3 is 20.1 Å². The highest BCUT2D eigenvalue weighted by Crippen LogP contribution is 2.52. The summed E-state index contributed by atoms with van der Waals surface area (Å²) in [5.74, 6) is 0.161. The topological polar surface area (TPSA) is 93.7 Å². The zero-order valence-corrected chi connectivity index (χ0v) is 27.7. The van der Waals surface area contributed by atoms with Crippen LogP contribution in [-0.4, -0.2) is 30.7 Å². The van der Waals surface area contributed by atoms with Crippen molar-refractivity contribution in [3.8, 4) is 11.5 Å². The number of nitrogens with one attached hydrogen (secondary N) is 2. The van der Waals surface area contributed by atoms with Crippen molar-refractivity contribution >= 4 is 39.1 Å². The molecule has 0 fully saturated rings. The molecule has 43 heavy (non-hydrogen) atoms. The summed E-state index contributed by atoms with van der Waals surface area (Å²) >= 11 is 3.66. The normalized spacial score (nSPS) is 19.4. The van der Waals surface area contributed by atoms with Crippen LogP contribution in [0.4, 0.5) is 5.69 Å². The number of aryl methyl sites for hydroxylation is 2. The number of ether oxygens (including phenoxy) is 2. The molecule has 2 aliphatic carbocycles. The Kier molecular flexibility index (Phi) is 8.38. The maximum atomic E-state index is 13.7. The number of hydrogen-bond donors (Lipinski definition) is 2. The summed E-state index contributed by atoms with van der Waals surface area (Å²) in [7, 11) is 0. The van der Waals surface area contributed by atoms with Gasteiger partial charge in [-0.2, -0.15) is 0 Å². The van der Waals surface area contributed by atoms with Gasteiger partial charge in [-0.3, -0.25) is 14.4 Å². The smallest absolute Gasteiger partial charge is 0.262 e. The van der Waals surface area contributed by atoms with Crippen LogP contribution in [0.2, 0.25) is 0 Å². The van der Waals surface area contributed by atoms with Crippen molar-refractivity contribution in [2.75, 3.05) is 18.5 Å². The Morgan fingerprint density at radius 1 is 0.907 bits per heavy atom. The van der Waals surface area contributed by atoms with E-state index in [1.54, 1.807) is 0 Å². The van der Waals surface area contributed by atoms with Crippen LogP contribution in [0.15, 0.2) is 57.3 Å². The molecule has 0 spiro atoms. The number of ketones is 2. The first-order valence-electron chi connectivity index (χ1n) is 14.9. The van der Waals surface area contributed by atoms with E-state index >= 15 is 0 Å². The van der Waals surface area contributed by atoms with Gasteiger partial charge in [-0.05, 0) is 101 Å². The molecule has 0 bridgehead atoms. The predicted molar refractivity (Wildman–Crippen MR) is 171 cm³/mol. The van der Waals surface area contributed by atoms with Crippen LogP contribution in [0.1, 0.15) is 82.9 Å². The Bertz CT molecular complexity index is 1530. The third-order valence-corrected chi connectivity index (χ3v) is 9.11. The Hall–Kier alpha value is -3.39. The Morgan fingerprint density at radius 2 is 1.51 bits per heavy atom. The number of hydrogen-bond acceptors (Lipinski definition) is 6. The maximum absolute atomic E-state index is 13.7. The molecule has 0 saturated heterocycles. The van der Waals surface area contributed by atoms with Gasteiger partial charge in [-0.25, -0.2) is 0 Å². The third-order valence-electron chi connectivity index (χ3n) is 8.52. The molecule has 2 N–H and O–H groups in total. The van der Waals surface area contributed by atoms with Crippen LogP contribution in [0, 0.1) is 24.7 Å². The Balaban J connectivity index is 1.51. The molecule has 228 valence electrons. The Morgan fingerprint density at radius 3 is 2.07 bits per heavy atom. The second kappa shape index (κ2) is 11.6. The number of anilines is 1. The summed E-state index contributed by atoms with van der Waals surface area (Å²) in [5.41, 5.74) is 6.53. The maximum Gasteiger partial charge on any atom is 0.262 e. The first-order chi connectivity index (χ1) is 20.2. The monoisotopic (exact) mass is 648 g/mol. The van der Waals surface area contributed by atoms with Gasteiger partial charge in [0.1, 0.15) is 0 Å². The zero-order valence-electron chi connectivity index (χ0n) is 26.1. The minimum atomic E-state index is -0.504. The molecule has 2 aromatic rings. The summed E-state index contributed by atoms with van der Waals surface area (Å²) in [4.78, 5) is 40.2. The molecule has 1 aliphatic heterocycles. The van der Waals surface area contributed by atoms with Gasteiger partial charge in [0.2, 0.25) is 0 Å². The summed E-state index contributed by atoms with van der Waals surface area (Å²) in [5, 5.41) is 6.44. The fourth-order valence-corrected chi connectivity index (χ4v) is 7.11. The molecule has 0 aromatic heterocycles. The lowest BCUT2D eigenvalue weighted by atomic mass is 9.64. The number of carbonyl (C=O) groups is 3. The van der Waals surface area contributed by atoms with Crippen molar-refractivity contribution in [3.63, 3.8) is 0 Å². The summed E-state index contributed by atoms with van der Waals surface area (Å²) in [6.45, 7) is 14.5. The lowest BCUT2D eigenvalue weighted by molar-refractivity contribution is -0.119. The van der Waals surface area contributed by atoms with Crippen LogP contribution >= 0.6 is 15.9 Å². The number of rotatable bonds is 7. The van der Waals surface area contributed by atoms with Crippen LogP contribution in [-0.2, 0) is 14.4 Å². The van der Waals surface area contributed by atoms with Gasteiger partial charge in [0.25, 0.3) is 5.91 Å². The quantitative estimate of drug-likeness (QED) is 0.324. The first kappa shape index (κ1) is 31.0. The number of benzene rings is 2. The van der Waals surface area contributed by atoms with E-state index in [2.05, 4.69) is 54.3 Å². The predicted octanol–water partition coefficient (Wildman–Crippen LogP) is 7.46. The molecular formula is C35H41BrN2O5. The molecule has 2 aromatic carbocycles. The van der Waals surface area contributed by atoms with Gasteiger partial charge in [0, 0.05) is 47.0 Å². The zero-order chi connectivity index (χ0) is 31.3. The van der Waals surface area contributed by atoms with Gasteiger partial charge in [0.15, 0.2) is 29.7 Å². The van der Waals surface area contributed by atoms with E-state index < -0.39 is 5.92 Å². The number of halogens is 1. The van der Waals surface area contributed by atoms with Crippen molar-refractivity contribution in [3.05, 3.63) is 74.0 Å². The van der Waals surface area contributed by atoms with Gasteiger partial charge in [-0.1, -0.05) is 33.8 Å². The summed E-state index contributed by atoms with van der Waals surface area (Å²) < 4.78 is 12.6. The van der Waals surface area contributed by atoms with Crippen molar-refractivity contribution in [1.29, 1.82) is 0 Å². The van der Waals surface area contributed by atoms with Crippen molar-refractivity contribution in [1.82, 2.24) is 5.32 Å². The highest BCUT2D eigenvalue weighted by Gasteiger charge is 2.46. The average Bonchev–Trinajstić information content (AvgIpc) is 2.87. The minimum absolute atomic E-state index is 0.0605. The van der Waals surface area contributed by atoms with Crippen molar-refractivity contribution in [2.24, 2.45) is 10.8 Å². The average molecular weight is 650 g/mol. The first-order valence-corrected chi connectivity index (χ1v) is 15.7. The Labute approximate surface area is 262 Å². The SMILES string of the molecule is CCOc1cc(C2C3=C(CC(C)(C)CC3=O)NC3=C2C(=O)CC(C)(C)C3)cc(Br)c1OCC(=O)Nc1ccc(C)c(C)c1. The third kappa shape index (κ3) is 6.44. The molecule has 1 amide bonds. The lowest BCUT2D eigenvalue weighted by Crippen LogP contribution is -2.42. The van der Waals surface area contributed by atoms with Crippen LogP contribution in [0.5, 0.6) is 11.5 Å². The minimum Gasteiger partial charge on any atom is -0.490 e. The van der Waals surface area contributed by atoms with Crippen LogP contribution < -0.4 is 20.1 Å². The standard InChI is InChI=1S/C35H41BrN2O5/c1-8-42-28-13-21(12-23(36)33(28)43-18-29(41)37-22-10-9-19(2)20(3)11-22)30-31-24(14-34(4,5)16-26(31)39)38-25-15-35(6,7)17-27(40)32(25)30/h9-13,30,38H,8,14-18H2,1-7H3,(H,37,41). The highest BCUT2D eigenvalue weighted by molar-refractivity contribution is 9.10. The van der Waals surface area contributed by atoms with E-state index in [0.29, 0.717) is 52.3 Å². The number of amides is 1.